The van der Waals surface area contributed by atoms with Gasteiger partial charge in [0.25, 0.3) is 6.20 Å². The molecule has 1 aromatic rings. The minimum absolute atomic E-state index is 0.427. The van der Waals surface area contributed by atoms with E-state index in [2.05, 4.69) is 20.6 Å². The van der Waals surface area contributed by atoms with E-state index in [1.165, 1.54) is 0 Å². The minimum atomic E-state index is -0.483. The van der Waals surface area contributed by atoms with E-state index in [4.69, 9.17) is 0 Å². The number of unbranched alkanes of at least 4 members (excludes halogenated alkanes) is 1. The maximum Gasteiger partial charge on any atom is 0.274 e. The monoisotopic (exact) mass is 239 g/mol. The van der Waals surface area contributed by atoms with Crippen LogP contribution in [0.4, 0.5) is 0 Å². The van der Waals surface area contributed by atoms with Crippen LogP contribution in [0.2, 0.25) is 0 Å². The summed E-state index contributed by atoms with van der Waals surface area (Å²) in [6, 6.07) is 0. The molecule has 0 aliphatic rings. The molecule has 0 aliphatic carbocycles. The van der Waals surface area contributed by atoms with Crippen molar-refractivity contribution >= 4 is 0 Å². The molecular formula is C10H17N5O2. The predicted molar refractivity (Wildman–Crippen MR) is 63.7 cm³/mol. The molecule has 3 N–H and O–H groups in total. The third-order valence-electron chi connectivity index (χ3n) is 2.25. The van der Waals surface area contributed by atoms with Crippen molar-refractivity contribution in [1.29, 1.82) is 0 Å². The number of hydrogen-bond acceptors (Lipinski definition) is 5. The Kier molecular flexibility index (Phi) is 5.56. The highest BCUT2D eigenvalue weighted by molar-refractivity contribution is 4.94. The standard InChI is InChI=1S/C10H17N5O2/c1-11-10(7-15(16)17)13-5-3-2-4-9-6-12-8-14-9/h6-8,11,13H,2-5H2,1H3,(H,12,14)/b10-7+. The molecule has 0 bridgehead atoms. The molecule has 0 radical (unpaired) electrons. The molecule has 0 aromatic carbocycles. The summed E-state index contributed by atoms with van der Waals surface area (Å²) in [4.78, 5) is 16.7. The number of imidazole rings is 1. The lowest BCUT2D eigenvalue weighted by molar-refractivity contribution is -0.404. The van der Waals surface area contributed by atoms with Crippen molar-refractivity contribution in [3.63, 3.8) is 0 Å². The number of aryl methyl sites for hydroxylation is 1. The number of aromatic nitrogens is 2. The van der Waals surface area contributed by atoms with Gasteiger partial charge in [0.1, 0.15) is 0 Å². The average molecular weight is 239 g/mol. The Bertz CT molecular complexity index is 361. The molecule has 1 aromatic heterocycles. The van der Waals surface area contributed by atoms with Gasteiger partial charge in [0.15, 0.2) is 5.82 Å². The largest absolute Gasteiger partial charge is 0.370 e. The Morgan fingerprint density at radius 3 is 3.06 bits per heavy atom. The first kappa shape index (κ1) is 13.0. The number of H-pyrrole nitrogens is 1. The Balaban J connectivity index is 2.13. The van der Waals surface area contributed by atoms with Gasteiger partial charge in [-0.05, 0) is 19.3 Å². The van der Waals surface area contributed by atoms with E-state index >= 15 is 0 Å². The Labute approximate surface area is 99.5 Å². The molecule has 0 fully saturated rings. The van der Waals surface area contributed by atoms with Crippen LogP contribution in [0.5, 0.6) is 0 Å². The lowest BCUT2D eigenvalue weighted by Crippen LogP contribution is -2.25. The topological polar surface area (TPSA) is 95.9 Å². The number of nitro groups is 1. The van der Waals surface area contributed by atoms with Gasteiger partial charge in [-0.1, -0.05) is 0 Å². The summed E-state index contributed by atoms with van der Waals surface area (Å²) in [6.45, 7) is 0.703. The molecule has 94 valence electrons. The van der Waals surface area contributed by atoms with Crippen molar-refractivity contribution in [2.24, 2.45) is 0 Å². The minimum Gasteiger partial charge on any atom is -0.370 e. The van der Waals surface area contributed by atoms with E-state index in [-0.39, 0.29) is 0 Å². The molecule has 0 saturated carbocycles. The van der Waals surface area contributed by atoms with Crippen LogP contribution >= 0.6 is 0 Å². The summed E-state index contributed by atoms with van der Waals surface area (Å²) in [5.41, 5.74) is 1.11. The quantitative estimate of drug-likeness (QED) is 0.351. The normalized spacial score (nSPS) is 11.2. The highest BCUT2D eigenvalue weighted by Gasteiger charge is 1.99. The first-order valence-electron chi connectivity index (χ1n) is 5.46. The van der Waals surface area contributed by atoms with E-state index in [9.17, 15) is 10.1 Å². The molecule has 0 saturated heterocycles. The van der Waals surface area contributed by atoms with Crippen molar-refractivity contribution in [2.75, 3.05) is 13.6 Å². The van der Waals surface area contributed by atoms with Crippen LogP contribution in [0.1, 0.15) is 18.5 Å². The molecule has 0 unspecified atom stereocenters. The SMILES string of the molecule is CN/C(=C\[N+](=O)[O-])NCCCCc1cnc[nH]1. The van der Waals surface area contributed by atoms with Gasteiger partial charge < -0.3 is 15.6 Å². The van der Waals surface area contributed by atoms with E-state index < -0.39 is 4.92 Å². The van der Waals surface area contributed by atoms with Crippen molar-refractivity contribution in [1.82, 2.24) is 20.6 Å². The van der Waals surface area contributed by atoms with Gasteiger partial charge in [0.05, 0.1) is 11.3 Å². The second-order valence-corrected chi connectivity index (χ2v) is 3.54. The Hall–Kier alpha value is -2.05. The zero-order valence-corrected chi connectivity index (χ0v) is 9.77. The van der Waals surface area contributed by atoms with Gasteiger partial charge in [-0.25, -0.2) is 4.98 Å². The van der Waals surface area contributed by atoms with Crippen LogP contribution in [-0.2, 0) is 6.42 Å². The number of hydrogen-bond donors (Lipinski definition) is 3. The van der Waals surface area contributed by atoms with Gasteiger partial charge in [-0.3, -0.25) is 10.1 Å². The van der Waals surface area contributed by atoms with E-state index in [1.807, 2.05) is 0 Å². The van der Waals surface area contributed by atoms with Gasteiger partial charge >= 0.3 is 0 Å². The molecule has 0 amide bonds. The second-order valence-electron chi connectivity index (χ2n) is 3.54. The molecule has 1 rings (SSSR count). The summed E-state index contributed by atoms with van der Waals surface area (Å²) in [6.07, 6.45) is 7.27. The fourth-order valence-electron chi connectivity index (χ4n) is 1.39. The average Bonchev–Trinajstić information content (AvgIpc) is 2.79. The summed E-state index contributed by atoms with van der Waals surface area (Å²) in [5, 5.41) is 15.9. The predicted octanol–water partition coefficient (Wildman–Crippen LogP) is 0.617. The lowest BCUT2D eigenvalue weighted by Gasteiger charge is -2.07. The zero-order chi connectivity index (χ0) is 12.5. The van der Waals surface area contributed by atoms with Gasteiger partial charge in [0.2, 0.25) is 0 Å². The first-order chi connectivity index (χ1) is 8.22. The van der Waals surface area contributed by atoms with Crippen LogP contribution in [0.15, 0.2) is 24.5 Å². The third kappa shape index (κ3) is 5.55. The maximum atomic E-state index is 10.3. The number of aromatic amines is 1. The highest BCUT2D eigenvalue weighted by atomic mass is 16.6. The van der Waals surface area contributed by atoms with Gasteiger partial charge in [-0.15, -0.1) is 0 Å². The molecule has 0 spiro atoms. The first-order valence-corrected chi connectivity index (χ1v) is 5.46. The Morgan fingerprint density at radius 1 is 1.65 bits per heavy atom. The van der Waals surface area contributed by atoms with Gasteiger partial charge in [0, 0.05) is 25.5 Å². The molecule has 0 aliphatic heterocycles. The molecular weight excluding hydrogens is 222 g/mol. The van der Waals surface area contributed by atoms with Crippen LogP contribution in [0, 0.1) is 10.1 Å². The van der Waals surface area contributed by atoms with Crippen LogP contribution in [0.3, 0.4) is 0 Å². The van der Waals surface area contributed by atoms with Crippen molar-refractivity contribution < 1.29 is 4.92 Å². The number of nitrogens with zero attached hydrogens (tertiary/aromatic N) is 2. The fourth-order valence-corrected chi connectivity index (χ4v) is 1.39. The lowest BCUT2D eigenvalue weighted by atomic mass is 10.2. The number of rotatable bonds is 8. The van der Waals surface area contributed by atoms with Gasteiger partial charge in [-0.2, -0.15) is 0 Å². The molecule has 1 heterocycles. The highest BCUT2D eigenvalue weighted by Crippen LogP contribution is 1.99. The van der Waals surface area contributed by atoms with Crippen molar-refractivity contribution in [3.8, 4) is 0 Å². The number of nitrogens with one attached hydrogen (secondary N) is 3. The maximum absolute atomic E-state index is 10.3. The summed E-state index contributed by atoms with van der Waals surface area (Å²) in [7, 11) is 1.65. The van der Waals surface area contributed by atoms with Crippen LogP contribution < -0.4 is 10.6 Å². The van der Waals surface area contributed by atoms with E-state index in [1.54, 1.807) is 19.6 Å². The molecule has 7 nitrogen and oxygen atoms in total. The summed E-state index contributed by atoms with van der Waals surface area (Å²) < 4.78 is 0. The summed E-state index contributed by atoms with van der Waals surface area (Å²) in [5.74, 6) is 0.427. The fraction of sp³-hybridized carbons (Fsp3) is 0.500. The van der Waals surface area contributed by atoms with E-state index in [0.717, 1.165) is 31.2 Å². The van der Waals surface area contributed by atoms with Crippen LogP contribution in [-0.4, -0.2) is 28.5 Å². The smallest absolute Gasteiger partial charge is 0.274 e. The molecule has 7 heteroatoms. The Morgan fingerprint density at radius 2 is 2.47 bits per heavy atom. The summed E-state index contributed by atoms with van der Waals surface area (Å²) >= 11 is 0. The van der Waals surface area contributed by atoms with Crippen molar-refractivity contribution in [3.05, 3.63) is 40.4 Å². The van der Waals surface area contributed by atoms with Crippen LogP contribution in [0.25, 0.3) is 0 Å². The molecule has 17 heavy (non-hydrogen) atoms. The van der Waals surface area contributed by atoms with E-state index in [0.29, 0.717) is 12.4 Å². The zero-order valence-electron chi connectivity index (χ0n) is 9.77. The second kappa shape index (κ2) is 7.26. The van der Waals surface area contributed by atoms with Crippen molar-refractivity contribution in [2.45, 2.75) is 19.3 Å². The third-order valence-corrected chi connectivity index (χ3v) is 2.25. The molecule has 0 atom stereocenters.